The van der Waals surface area contributed by atoms with Crippen LogP contribution in [0.3, 0.4) is 0 Å². The molecule has 3 aromatic heterocycles. The lowest BCUT2D eigenvalue weighted by Gasteiger charge is -2.12. The Morgan fingerprint density at radius 2 is 1.07 bits per heavy atom. The molecule has 210 valence electrons. The summed E-state index contributed by atoms with van der Waals surface area (Å²) < 4.78 is 7.61. The standard InChI is InChI=1S/C42H26N2S/c1-2-12-27(13-3-1)28-14-10-15-29(26-28)43-35-20-7-4-16-30(35)32-24-25-37-40(41(32)43)34-18-5-8-21-36(34)44(37)38-22-11-19-33-31-17-6-9-23-39(31)45-42(33)38/h1-26H. The first kappa shape index (κ1) is 24.8. The van der Waals surface area contributed by atoms with E-state index in [1.807, 2.05) is 11.3 Å². The van der Waals surface area contributed by atoms with E-state index in [1.54, 1.807) is 0 Å². The highest BCUT2D eigenvalue weighted by atomic mass is 32.1. The van der Waals surface area contributed by atoms with Gasteiger partial charge in [-0.05, 0) is 53.6 Å². The molecule has 3 heteroatoms. The molecular formula is C42H26N2S. The second-order valence-corrected chi connectivity index (χ2v) is 12.8. The summed E-state index contributed by atoms with van der Waals surface area (Å²) >= 11 is 1.88. The molecule has 0 saturated heterocycles. The minimum absolute atomic E-state index is 1.17. The second kappa shape index (κ2) is 9.43. The van der Waals surface area contributed by atoms with Gasteiger partial charge in [0.1, 0.15) is 0 Å². The predicted octanol–water partition coefficient (Wildman–Crippen LogP) is 11.9. The Kier molecular flexibility index (Phi) is 5.19. The first-order valence-corrected chi connectivity index (χ1v) is 16.2. The van der Waals surface area contributed by atoms with Gasteiger partial charge in [0, 0.05) is 42.7 Å². The first-order chi connectivity index (χ1) is 22.3. The zero-order chi connectivity index (χ0) is 29.5. The van der Waals surface area contributed by atoms with Crippen LogP contribution in [-0.4, -0.2) is 9.13 Å². The van der Waals surface area contributed by atoms with E-state index in [9.17, 15) is 0 Å². The van der Waals surface area contributed by atoms with Gasteiger partial charge in [-0.15, -0.1) is 11.3 Å². The molecule has 0 spiro atoms. The third-order valence-electron chi connectivity index (χ3n) is 9.31. The zero-order valence-corrected chi connectivity index (χ0v) is 25.1. The van der Waals surface area contributed by atoms with Gasteiger partial charge in [0.25, 0.3) is 0 Å². The summed E-state index contributed by atoms with van der Waals surface area (Å²) in [5, 5.41) is 7.71. The van der Waals surface area contributed by atoms with Crippen LogP contribution in [0.2, 0.25) is 0 Å². The Balaban J connectivity index is 1.36. The molecule has 0 amide bonds. The van der Waals surface area contributed by atoms with Crippen LogP contribution in [0, 0.1) is 0 Å². The minimum Gasteiger partial charge on any atom is -0.309 e. The van der Waals surface area contributed by atoms with E-state index >= 15 is 0 Å². The molecule has 3 heterocycles. The molecule has 0 unspecified atom stereocenters. The van der Waals surface area contributed by atoms with Gasteiger partial charge in [-0.2, -0.15) is 0 Å². The third-order valence-corrected chi connectivity index (χ3v) is 10.5. The molecule has 0 radical (unpaired) electrons. The van der Waals surface area contributed by atoms with Crippen LogP contribution in [0.5, 0.6) is 0 Å². The van der Waals surface area contributed by atoms with E-state index in [0.29, 0.717) is 0 Å². The molecule has 0 atom stereocenters. The first-order valence-electron chi connectivity index (χ1n) is 15.4. The molecule has 0 bridgehead atoms. The highest BCUT2D eigenvalue weighted by molar-refractivity contribution is 7.26. The fraction of sp³-hybridized carbons (Fsp3) is 0. The zero-order valence-electron chi connectivity index (χ0n) is 24.3. The molecule has 0 aliphatic rings. The van der Waals surface area contributed by atoms with Crippen molar-refractivity contribution in [3.05, 3.63) is 158 Å². The summed E-state index contributed by atoms with van der Waals surface area (Å²) in [6.07, 6.45) is 0. The van der Waals surface area contributed by atoms with E-state index < -0.39 is 0 Å². The average molecular weight is 591 g/mol. The van der Waals surface area contributed by atoms with Gasteiger partial charge in [0.15, 0.2) is 0 Å². The Morgan fingerprint density at radius 3 is 1.93 bits per heavy atom. The molecule has 10 aromatic rings. The van der Waals surface area contributed by atoms with Crippen LogP contribution in [-0.2, 0) is 0 Å². The molecule has 0 saturated carbocycles. The molecule has 0 aliphatic heterocycles. The fourth-order valence-corrected chi connectivity index (χ4v) is 8.61. The molecule has 2 nitrogen and oxygen atoms in total. The minimum atomic E-state index is 1.17. The number of rotatable bonds is 3. The van der Waals surface area contributed by atoms with E-state index in [1.165, 1.54) is 86.3 Å². The fourth-order valence-electron chi connectivity index (χ4n) is 7.40. The third kappa shape index (κ3) is 3.50. The maximum Gasteiger partial charge on any atom is 0.0641 e. The van der Waals surface area contributed by atoms with Gasteiger partial charge in [-0.1, -0.05) is 115 Å². The van der Waals surface area contributed by atoms with Gasteiger partial charge in [0.2, 0.25) is 0 Å². The van der Waals surface area contributed by atoms with Crippen LogP contribution in [0.15, 0.2) is 158 Å². The van der Waals surface area contributed by atoms with Crippen molar-refractivity contribution in [2.24, 2.45) is 0 Å². The van der Waals surface area contributed by atoms with Crippen molar-refractivity contribution in [1.82, 2.24) is 9.13 Å². The number of fused-ring (bicyclic) bond motifs is 10. The number of thiophene rings is 1. The van der Waals surface area contributed by atoms with E-state index in [4.69, 9.17) is 0 Å². The number of hydrogen-bond donors (Lipinski definition) is 0. The maximum absolute atomic E-state index is 2.49. The van der Waals surface area contributed by atoms with E-state index in [-0.39, 0.29) is 0 Å². The SMILES string of the molecule is c1ccc(-c2cccc(-n3c4ccccc4c4ccc5c(c6ccccc6n5-c5cccc6c5sc5ccccc56)c43)c2)cc1. The van der Waals surface area contributed by atoms with Crippen molar-refractivity contribution in [1.29, 1.82) is 0 Å². The molecule has 0 N–H and O–H groups in total. The highest BCUT2D eigenvalue weighted by Gasteiger charge is 2.22. The lowest BCUT2D eigenvalue weighted by Crippen LogP contribution is -1.96. The molecule has 0 fully saturated rings. The van der Waals surface area contributed by atoms with Crippen LogP contribution in [0.25, 0.3) is 86.3 Å². The monoisotopic (exact) mass is 590 g/mol. The second-order valence-electron chi connectivity index (χ2n) is 11.7. The van der Waals surface area contributed by atoms with Crippen LogP contribution in [0.1, 0.15) is 0 Å². The van der Waals surface area contributed by atoms with Crippen molar-refractivity contribution < 1.29 is 0 Å². The van der Waals surface area contributed by atoms with E-state index in [2.05, 4.69) is 167 Å². The molecule has 7 aromatic carbocycles. The Morgan fingerprint density at radius 1 is 0.400 bits per heavy atom. The Bertz CT molecular complexity index is 2760. The van der Waals surface area contributed by atoms with Gasteiger partial charge in [-0.3, -0.25) is 0 Å². The normalized spacial score (nSPS) is 12.0. The number of benzene rings is 7. The summed E-state index contributed by atoms with van der Waals surface area (Å²) in [4.78, 5) is 0. The quantitative estimate of drug-likeness (QED) is 0.194. The highest BCUT2D eigenvalue weighted by Crippen LogP contribution is 2.44. The molecule has 45 heavy (non-hydrogen) atoms. The summed E-state index contributed by atoms with van der Waals surface area (Å²) in [7, 11) is 0. The molecular weight excluding hydrogens is 565 g/mol. The van der Waals surface area contributed by atoms with Crippen molar-refractivity contribution in [3.63, 3.8) is 0 Å². The largest absolute Gasteiger partial charge is 0.309 e. The molecule has 0 aliphatic carbocycles. The smallest absolute Gasteiger partial charge is 0.0641 e. The molecule has 10 rings (SSSR count). The lowest BCUT2D eigenvalue weighted by atomic mass is 10.0. The topological polar surface area (TPSA) is 9.86 Å². The van der Waals surface area contributed by atoms with Crippen molar-refractivity contribution in [2.45, 2.75) is 0 Å². The number of aromatic nitrogens is 2. The van der Waals surface area contributed by atoms with Crippen molar-refractivity contribution in [2.75, 3.05) is 0 Å². The van der Waals surface area contributed by atoms with Gasteiger partial charge in [-0.25, -0.2) is 0 Å². The van der Waals surface area contributed by atoms with Crippen LogP contribution < -0.4 is 0 Å². The maximum atomic E-state index is 2.49. The van der Waals surface area contributed by atoms with E-state index in [0.717, 1.165) is 0 Å². The van der Waals surface area contributed by atoms with Gasteiger partial charge >= 0.3 is 0 Å². The lowest BCUT2D eigenvalue weighted by molar-refractivity contribution is 1.18. The van der Waals surface area contributed by atoms with Gasteiger partial charge in [0.05, 0.1) is 32.5 Å². The summed E-state index contributed by atoms with van der Waals surface area (Å²) in [5.41, 5.74) is 9.73. The van der Waals surface area contributed by atoms with Gasteiger partial charge < -0.3 is 9.13 Å². The Hall–Kier alpha value is -5.64. The average Bonchev–Trinajstić information content (AvgIpc) is 3.76. The number of para-hydroxylation sites is 2. The number of nitrogens with zero attached hydrogens (tertiary/aromatic N) is 2. The van der Waals surface area contributed by atoms with Crippen molar-refractivity contribution >= 4 is 75.1 Å². The Labute approximate surface area is 263 Å². The van der Waals surface area contributed by atoms with Crippen LogP contribution >= 0.6 is 11.3 Å². The van der Waals surface area contributed by atoms with Crippen LogP contribution in [0.4, 0.5) is 0 Å². The van der Waals surface area contributed by atoms with Crippen molar-refractivity contribution in [3.8, 4) is 22.5 Å². The summed E-state index contributed by atoms with van der Waals surface area (Å²) in [6.45, 7) is 0. The summed E-state index contributed by atoms with van der Waals surface area (Å²) in [6, 6.07) is 57.6. The summed E-state index contributed by atoms with van der Waals surface area (Å²) in [5.74, 6) is 0. The number of hydrogen-bond acceptors (Lipinski definition) is 1. The predicted molar refractivity (Wildman–Crippen MR) is 193 cm³/mol.